The lowest BCUT2D eigenvalue weighted by Gasteiger charge is -2.26. The van der Waals surface area contributed by atoms with Crippen LogP contribution in [0.2, 0.25) is 5.02 Å². The van der Waals surface area contributed by atoms with Gasteiger partial charge in [-0.15, -0.1) is 0 Å². The number of carbonyl (C=O) groups is 1. The molecule has 1 aromatic heterocycles. The molecule has 0 saturated heterocycles. The number of nitrogens with one attached hydrogen (secondary N) is 2. The van der Waals surface area contributed by atoms with Crippen LogP contribution in [-0.2, 0) is 18.4 Å². The molecule has 0 aliphatic rings. The molecule has 0 aliphatic carbocycles. The van der Waals surface area contributed by atoms with E-state index in [-0.39, 0.29) is 16.7 Å². The summed E-state index contributed by atoms with van der Waals surface area (Å²) in [5.41, 5.74) is 1.30. The summed E-state index contributed by atoms with van der Waals surface area (Å²) in [6.07, 6.45) is 0.519. The lowest BCUT2D eigenvalue weighted by atomic mass is 10.1. The molecule has 33 heavy (non-hydrogen) atoms. The molecule has 3 rings (SSSR count). The highest BCUT2D eigenvalue weighted by molar-refractivity contribution is 6.30. The van der Waals surface area contributed by atoms with Crippen molar-refractivity contribution < 1.29 is 14.6 Å². The van der Waals surface area contributed by atoms with Crippen LogP contribution in [-0.4, -0.2) is 45.1 Å². The molecule has 0 aliphatic heterocycles. The molecule has 3 aromatic rings. The van der Waals surface area contributed by atoms with Crippen LogP contribution in [0.3, 0.4) is 0 Å². The Morgan fingerprint density at radius 1 is 1.33 bits per heavy atom. The molecule has 3 N–H and O–H groups in total. The number of hydrogen-bond donors (Lipinski definition) is 3. The summed E-state index contributed by atoms with van der Waals surface area (Å²) in [5.74, 6) is 0.502. The fourth-order valence-corrected chi connectivity index (χ4v) is 3.44. The van der Waals surface area contributed by atoms with Crippen LogP contribution < -0.4 is 26.2 Å². The van der Waals surface area contributed by atoms with Crippen molar-refractivity contribution in [2.75, 3.05) is 18.5 Å². The van der Waals surface area contributed by atoms with E-state index in [1.807, 2.05) is 18.2 Å². The van der Waals surface area contributed by atoms with Gasteiger partial charge in [0.1, 0.15) is 18.6 Å². The maximum Gasteiger partial charge on any atom is 0.273 e. The van der Waals surface area contributed by atoms with Gasteiger partial charge in [0.15, 0.2) is 0 Å². The smallest absolute Gasteiger partial charge is 0.273 e. The topological polar surface area (TPSA) is 99.6 Å². The predicted molar refractivity (Wildman–Crippen MR) is 129 cm³/mol. The van der Waals surface area contributed by atoms with E-state index in [1.165, 1.54) is 11.6 Å². The molecule has 0 fully saturated rings. The van der Waals surface area contributed by atoms with Crippen molar-refractivity contribution in [3.8, 4) is 5.75 Å². The van der Waals surface area contributed by atoms with E-state index in [1.54, 1.807) is 48.4 Å². The number of H-pyrrole nitrogens is 1. The maximum atomic E-state index is 12.0. The first-order valence-electron chi connectivity index (χ1n) is 10.4. The van der Waals surface area contributed by atoms with Gasteiger partial charge in [0, 0.05) is 37.8 Å². The van der Waals surface area contributed by atoms with Crippen LogP contribution in [0.5, 0.6) is 5.75 Å². The highest BCUT2D eigenvalue weighted by Gasteiger charge is 2.15. The van der Waals surface area contributed by atoms with Gasteiger partial charge >= 0.3 is 0 Å². The molecule has 2 aromatic carbocycles. The summed E-state index contributed by atoms with van der Waals surface area (Å²) in [7, 11) is 1.59. The van der Waals surface area contributed by atoms with E-state index in [9.17, 15) is 14.7 Å². The number of ether oxygens (including phenoxy) is 1. The highest BCUT2D eigenvalue weighted by atomic mass is 35.5. The number of aliphatic hydroxyl groups excluding tert-OH is 1. The van der Waals surface area contributed by atoms with Gasteiger partial charge < -0.3 is 15.2 Å². The minimum Gasteiger partial charge on any atom is -0.492 e. The van der Waals surface area contributed by atoms with Gasteiger partial charge in [-0.2, -0.15) is 0 Å². The molecule has 0 spiro atoms. The van der Waals surface area contributed by atoms with Crippen molar-refractivity contribution in [3.63, 3.8) is 0 Å². The monoisotopic (exact) mass is 470 g/mol. The minimum atomic E-state index is -1.03. The van der Waals surface area contributed by atoms with E-state index in [0.717, 1.165) is 5.56 Å². The van der Waals surface area contributed by atoms with Crippen molar-refractivity contribution >= 4 is 35.9 Å². The van der Waals surface area contributed by atoms with Crippen molar-refractivity contribution in [2.24, 2.45) is 7.05 Å². The number of aromatic nitrogens is 2. The number of hydrogen-bond acceptors (Lipinski definition) is 5. The standard InChI is InChI=1S/C24H27ClN4O4/c1-16-22(27-28(3)24(16)32)14-23(31)29(11-12-33-21-9-7-19(25)8-10-21)15-18-5-4-6-20(13-18)26-17(2)30/h4-10,13-14,23,27,31H,1,11-12,15H2,2-3H3,(H,26,30)/b22-14+/t23-/m1/s1. The third-order valence-corrected chi connectivity index (χ3v) is 5.21. The van der Waals surface area contributed by atoms with Crippen LogP contribution in [0.25, 0.3) is 12.7 Å². The molecule has 8 nitrogen and oxygen atoms in total. The molecule has 1 atom stereocenters. The normalized spacial score (nSPS) is 12.7. The molecule has 0 unspecified atom stereocenters. The molecule has 0 saturated carbocycles. The first kappa shape index (κ1) is 24.3. The number of aliphatic hydroxyl groups is 1. The van der Waals surface area contributed by atoms with Gasteiger partial charge in [-0.25, -0.2) is 0 Å². The SMILES string of the molecule is C=c1c(=O)n(C)[nH]/c1=C/[C@@H](O)N(CCOc1ccc(Cl)cc1)Cc1cccc(NC(C)=O)c1. The molecule has 174 valence electrons. The molecular formula is C24H27ClN4O4. The van der Waals surface area contributed by atoms with Crippen LogP contribution in [0.1, 0.15) is 12.5 Å². The molecule has 1 heterocycles. The molecule has 0 radical (unpaired) electrons. The van der Waals surface area contributed by atoms with Gasteiger partial charge in [0.2, 0.25) is 5.91 Å². The summed E-state index contributed by atoms with van der Waals surface area (Å²) in [6.45, 7) is 6.29. The Morgan fingerprint density at radius 3 is 2.70 bits per heavy atom. The summed E-state index contributed by atoms with van der Waals surface area (Å²) in [5, 5.41) is 18.0. The first-order valence-corrected chi connectivity index (χ1v) is 10.7. The molecule has 9 heteroatoms. The molecule has 1 amide bonds. The van der Waals surface area contributed by atoms with Gasteiger partial charge in [-0.1, -0.05) is 30.3 Å². The summed E-state index contributed by atoms with van der Waals surface area (Å²) >= 11 is 5.92. The van der Waals surface area contributed by atoms with E-state index in [2.05, 4.69) is 17.0 Å². The quantitative estimate of drug-likeness (QED) is 0.411. The van der Waals surface area contributed by atoms with Gasteiger partial charge in [0.25, 0.3) is 5.56 Å². The van der Waals surface area contributed by atoms with E-state index in [0.29, 0.717) is 41.5 Å². The number of nitrogens with zero attached hydrogens (tertiary/aromatic N) is 2. The molecule has 0 bridgehead atoms. The summed E-state index contributed by atoms with van der Waals surface area (Å²) in [4.78, 5) is 25.2. The van der Waals surface area contributed by atoms with Gasteiger partial charge in [0.05, 0.1) is 10.6 Å². The molecular weight excluding hydrogens is 444 g/mol. The maximum absolute atomic E-state index is 12.0. The number of amides is 1. The fourth-order valence-electron chi connectivity index (χ4n) is 3.31. The average Bonchev–Trinajstić information content (AvgIpc) is 3.00. The van der Waals surface area contributed by atoms with Gasteiger partial charge in [-0.05, 0) is 48.0 Å². The lowest BCUT2D eigenvalue weighted by Crippen LogP contribution is -2.40. The Balaban J connectivity index is 1.81. The van der Waals surface area contributed by atoms with Crippen LogP contribution in [0.15, 0.2) is 53.3 Å². The Hall–Kier alpha value is -3.33. The predicted octanol–water partition coefficient (Wildman–Crippen LogP) is 1.42. The van der Waals surface area contributed by atoms with Crippen molar-refractivity contribution in [1.82, 2.24) is 14.7 Å². The van der Waals surface area contributed by atoms with Crippen molar-refractivity contribution in [1.29, 1.82) is 0 Å². The van der Waals surface area contributed by atoms with Crippen LogP contribution in [0.4, 0.5) is 5.69 Å². The van der Waals surface area contributed by atoms with E-state index in [4.69, 9.17) is 16.3 Å². The zero-order valence-corrected chi connectivity index (χ0v) is 19.3. The van der Waals surface area contributed by atoms with E-state index < -0.39 is 6.23 Å². The Morgan fingerprint density at radius 2 is 2.06 bits per heavy atom. The number of aryl methyl sites for hydroxylation is 1. The van der Waals surface area contributed by atoms with Crippen LogP contribution in [0, 0.1) is 0 Å². The lowest BCUT2D eigenvalue weighted by molar-refractivity contribution is -0.114. The number of aromatic amines is 1. The number of halogens is 1. The second-order valence-electron chi connectivity index (χ2n) is 7.60. The largest absolute Gasteiger partial charge is 0.492 e. The van der Waals surface area contributed by atoms with E-state index >= 15 is 0 Å². The Kier molecular flexibility index (Phi) is 8.11. The van der Waals surface area contributed by atoms with Crippen LogP contribution >= 0.6 is 11.6 Å². The first-order chi connectivity index (χ1) is 15.7. The average molecular weight is 471 g/mol. The number of carbonyl (C=O) groups excluding carboxylic acids is 1. The summed E-state index contributed by atoms with van der Waals surface area (Å²) in [6, 6.07) is 14.4. The Labute approximate surface area is 196 Å². The number of benzene rings is 2. The zero-order chi connectivity index (χ0) is 24.0. The van der Waals surface area contributed by atoms with Gasteiger partial charge in [-0.3, -0.25) is 24.3 Å². The third kappa shape index (κ3) is 6.82. The van der Waals surface area contributed by atoms with Crippen molar-refractivity contribution in [2.45, 2.75) is 19.7 Å². The second-order valence-corrected chi connectivity index (χ2v) is 8.04. The summed E-state index contributed by atoms with van der Waals surface area (Å²) < 4.78 is 7.11. The second kappa shape index (κ2) is 11.0. The number of rotatable bonds is 9. The Bertz CT molecular complexity index is 1270. The zero-order valence-electron chi connectivity index (χ0n) is 18.5. The fraction of sp³-hybridized carbons (Fsp3) is 0.250. The number of anilines is 1. The van der Waals surface area contributed by atoms with Crippen molar-refractivity contribution in [3.05, 3.63) is 80.0 Å². The third-order valence-electron chi connectivity index (χ3n) is 4.96. The minimum absolute atomic E-state index is 0.162. The highest BCUT2D eigenvalue weighted by Crippen LogP contribution is 2.17.